The molecule has 6 heteroatoms. The van der Waals surface area contributed by atoms with Crippen LogP contribution in [0, 0.1) is 5.92 Å². The van der Waals surface area contributed by atoms with Gasteiger partial charge in [0, 0.05) is 26.2 Å². The summed E-state index contributed by atoms with van der Waals surface area (Å²) >= 11 is 0. The van der Waals surface area contributed by atoms with Crippen molar-refractivity contribution in [3.05, 3.63) is 6.33 Å². The number of anilines is 2. The summed E-state index contributed by atoms with van der Waals surface area (Å²) in [6.07, 6.45) is 4.01. The largest absolute Gasteiger partial charge is 0.490 e. The van der Waals surface area contributed by atoms with Crippen LogP contribution < -0.4 is 15.0 Å². The quantitative estimate of drug-likeness (QED) is 0.861. The lowest BCUT2D eigenvalue weighted by atomic mass is 9.96. The van der Waals surface area contributed by atoms with E-state index in [1.807, 2.05) is 6.92 Å². The number of methoxy groups -OCH3 is 1. The maximum atomic E-state index is 5.54. The Labute approximate surface area is 127 Å². The van der Waals surface area contributed by atoms with Crippen molar-refractivity contribution in [3.63, 3.8) is 0 Å². The third-order valence-electron chi connectivity index (χ3n) is 3.87. The summed E-state index contributed by atoms with van der Waals surface area (Å²) in [5.41, 5.74) is 0. The molecule has 0 atom stereocenters. The van der Waals surface area contributed by atoms with Crippen molar-refractivity contribution in [2.24, 2.45) is 5.92 Å². The summed E-state index contributed by atoms with van der Waals surface area (Å²) in [5.74, 6) is 3.22. The molecule has 1 N–H and O–H groups in total. The summed E-state index contributed by atoms with van der Waals surface area (Å²) in [6, 6.07) is 0. The van der Waals surface area contributed by atoms with Crippen molar-refractivity contribution in [3.8, 4) is 5.75 Å². The molecule has 0 spiro atoms. The van der Waals surface area contributed by atoms with E-state index < -0.39 is 0 Å². The number of hydrogen-bond acceptors (Lipinski definition) is 6. The van der Waals surface area contributed by atoms with E-state index in [2.05, 4.69) is 39.2 Å². The molecule has 1 saturated heterocycles. The lowest BCUT2D eigenvalue weighted by Gasteiger charge is -2.34. The second-order valence-corrected chi connectivity index (χ2v) is 5.80. The number of nitrogens with one attached hydrogen (secondary N) is 1. The van der Waals surface area contributed by atoms with Crippen LogP contribution in [0.4, 0.5) is 11.6 Å². The average molecular weight is 293 g/mol. The topological polar surface area (TPSA) is 53.5 Å². The normalized spacial score (nSPS) is 16.3. The van der Waals surface area contributed by atoms with Crippen LogP contribution in [0.2, 0.25) is 0 Å². The van der Waals surface area contributed by atoms with Crippen molar-refractivity contribution < 1.29 is 4.74 Å². The Bertz CT molecular complexity index is 444. The lowest BCUT2D eigenvalue weighted by molar-refractivity contribution is 0.284. The smallest absolute Gasteiger partial charge is 0.204 e. The molecule has 0 radical (unpaired) electrons. The van der Waals surface area contributed by atoms with Crippen LogP contribution in [-0.4, -0.2) is 62.3 Å². The molecular formula is C15H27N5O. The Balaban J connectivity index is 2.07. The minimum Gasteiger partial charge on any atom is -0.490 e. The summed E-state index contributed by atoms with van der Waals surface area (Å²) in [7, 11) is 5.97. The third kappa shape index (κ3) is 3.97. The fourth-order valence-electron chi connectivity index (χ4n) is 2.91. The standard InChI is InChI=1S/C15H27N5O/c1-5-16-14-13(21-4)15(18-11-17-14)20-8-6-12(7-9-20)10-19(2)3/h11-12H,5-10H2,1-4H3,(H,16,17,18). The molecule has 0 bridgehead atoms. The van der Waals surface area contributed by atoms with Gasteiger partial charge in [-0.1, -0.05) is 0 Å². The van der Waals surface area contributed by atoms with E-state index in [1.54, 1.807) is 13.4 Å². The first-order valence-corrected chi connectivity index (χ1v) is 7.68. The molecule has 0 aliphatic carbocycles. The van der Waals surface area contributed by atoms with Gasteiger partial charge in [-0.25, -0.2) is 9.97 Å². The van der Waals surface area contributed by atoms with Gasteiger partial charge < -0.3 is 19.9 Å². The van der Waals surface area contributed by atoms with E-state index in [1.165, 1.54) is 12.8 Å². The van der Waals surface area contributed by atoms with E-state index >= 15 is 0 Å². The van der Waals surface area contributed by atoms with Crippen LogP contribution in [0.25, 0.3) is 0 Å². The van der Waals surface area contributed by atoms with Gasteiger partial charge in [-0.15, -0.1) is 0 Å². The first-order valence-electron chi connectivity index (χ1n) is 7.68. The van der Waals surface area contributed by atoms with E-state index in [0.717, 1.165) is 49.5 Å². The fourth-order valence-corrected chi connectivity index (χ4v) is 2.91. The average Bonchev–Trinajstić information content (AvgIpc) is 2.47. The molecule has 0 unspecified atom stereocenters. The summed E-state index contributed by atoms with van der Waals surface area (Å²) in [5, 5.41) is 3.23. The molecule has 1 aromatic heterocycles. The number of nitrogens with zero attached hydrogens (tertiary/aromatic N) is 4. The summed E-state index contributed by atoms with van der Waals surface area (Å²) in [4.78, 5) is 13.3. The first-order chi connectivity index (χ1) is 10.2. The van der Waals surface area contributed by atoms with Crippen molar-refractivity contribution in [2.75, 3.05) is 57.6 Å². The highest BCUT2D eigenvalue weighted by molar-refractivity contribution is 5.64. The molecule has 0 amide bonds. The van der Waals surface area contributed by atoms with Crippen LogP contribution in [0.1, 0.15) is 19.8 Å². The van der Waals surface area contributed by atoms with E-state index in [9.17, 15) is 0 Å². The summed E-state index contributed by atoms with van der Waals surface area (Å²) in [6.45, 7) is 6.08. The number of rotatable bonds is 6. The van der Waals surface area contributed by atoms with Crippen LogP contribution in [0.5, 0.6) is 5.75 Å². The Morgan fingerprint density at radius 1 is 1.33 bits per heavy atom. The van der Waals surface area contributed by atoms with Crippen LogP contribution in [0.15, 0.2) is 6.33 Å². The maximum Gasteiger partial charge on any atom is 0.204 e. The predicted molar refractivity (Wildman–Crippen MR) is 86.2 cm³/mol. The highest BCUT2D eigenvalue weighted by atomic mass is 16.5. The molecule has 1 aromatic rings. The first kappa shape index (κ1) is 15.8. The van der Waals surface area contributed by atoms with Crippen LogP contribution in [0.3, 0.4) is 0 Å². The van der Waals surface area contributed by atoms with Crippen molar-refractivity contribution in [1.82, 2.24) is 14.9 Å². The van der Waals surface area contributed by atoms with Gasteiger partial charge in [-0.3, -0.25) is 0 Å². The third-order valence-corrected chi connectivity index (χ3v) is 3.87. The zero-order valence-electron chi connectivity index (χ0n) is 13.6. The molecule has 2 heterocycles. The molecule has 6 nitrogen and oxygen atoms in total. The van der Waals surface area contributed by atoms with E-state index in [4.69, 9.17) is 4.74 Å². The number of piperidine rings is 1. The number of hydrogen-bond donors (Lipinski definition) is 1. The van der Waals surface area contributed by atoms with Crippen molar-refractivity contribution in [2.45, 2.75) is 19.8 Å². The lowest BCUT2D eigenvalue weighted by Crippen LogP contribution is -2.37. The van der Waals surface area contributed by atoms with Gasteiger partial charge in [-0.05, 0) is 39.8 Å². The summed E-state index contributed by atoms with van der Waals surface area (Å²) < 4.78 is 5.54. The van der Waals surface area contributed by atoms with Gasteiger partial charge in [0.15, 0.2) is 11.6 Å². The molecule has 21 heavy (non-hydrogen) atoms. The zero-order chi connectivity index (χ0) is 15.2. The highest BCUT2D eigenvalue weighted by Gasteiger charge is 2.24. The fraction of sp³-hybridized carbons (Fsp3) is 0.733. The van der Waals surface area contributed by atoms with Crippen molar-refractivity contribution in [1.29, 1.82) is 0 Å². The Hall–Kier alpha value is -1.56. The van der Waals surface area contributed by atoms with Gasteiger partial charge in [-0.2, -0.15) is 0 Å². The molecule has 0 saturated carbocycles. The van der Waals surface area contributed by atoms with E-state index in [0.29, 0.717) is 0 Å². The molecule has 1 aliphatic heterocycles. The zero-order valence-corrected chi connectivity index (χ0v) is 13.6. The van der Waals surface area contributed by atoms with Gasteiger partial charge in [0.05, 0.1) is 7.11 Å². The van der Waals surface area contributed by atoms with Gasteiger partial charge in [0.25, 0.3) is 0 Å². The predicted octanol–water partition coefficient (Wildman–Crippen LogP) is 1.69. The number of aromatic nitrogens is 2. The maximum absolute atomic E-state index is 5.54. The Morgan fingerprint density at radius 2 is 2.05 bits per heavy atom. The van der Waals surface area contributed by atoms with Gasteiger partial charge in [0.1, 0.15) is 6.33 Å². The van der Waals surface area contributed by atoms with Gasteiger partial charge in [0.2, 0.25) is 5.75 Å². The molecule has 0 aromatic carbocycles. The molecule has 1 aliphatic rings. The minimum absolute atomic E-state index is 0.755. The second kappa shape index (κ2) is 7.45. The van der Waals surface area contributed by atoms with E-state index in [-0.39, 0.29) is 0 Å². The Morgan fingerprint density at radius 3 is 2.62 bits per heavy atom. The van der Waals surface area contributed by atoms with Crippen LogP contribution >= 0.6 is 0 Å². The minimum atomic E-state index is 0.755. The highest BCUT2D eigenvalue weighted by Crippen LogP contribution is 2.34. The molecule has 118 valence electrons. The Kier molecular flexibility index (Phi) is 5.61. The monoisotopic (exact) mass is 293 g/mol. The number of ether oxygens (including phenoxy) is 1. The van der Waals surface area contributed by atoms with Crippen molar-refractivity contribution >= 4 is 11.6 Å². The van der Waals surface area contributed by atoms with Crippen LogP contribution in [-0.2, 0) is 0 Å². The second-order valence-electron chi connectivity index (χ2n) is 5.80. The molecule has 2 rings (SSSR count). The molecule has 1 fully saturated rings. The van der Waals surface area contributed by atoms with Gasteiger partial charge >= 0.3 is 0 Å². The molecular weight excluding hydrogens is 266 g/mol. The SMILES string of the molecule is CCNc1ncnc(N2CCC(CN(C)C)CC2)c1OC.